The molecule has 0 amide bonds. The molecular formula is C25H28N4O3S2. The summed E-state index contributed by atoms with van der Waals surface area (Å²) in [5, 5.41) is 8.41. The number of nitrogens with one attached hydrogen (secondary N) is 1. The summed E-state index contributed by atoms with van der Waals surface area (Å²) in [6.45, 7) is 3.41. The van der Waals surface area contributed by atoms with Crippen LogP contribution >= 0.6 is 24.0 Å². The molecule has 0 saturated heterocycles. The molecule has 1 unspecified atom stereocenters. The minimum Gasteiger partial charge on any atom is -0.497 e. The van der Waals surface area contributed by atoms with Crippen molar-refractivity contribution in [2.24, 2.45) is 0 Å². The van der Waals surface area contributed by atoms with Crippen LogP contribution in [0.25, 0.3) is 17.0 Å². The average Bonchev–Trinajstić information content (AvgIpc) is 3.35. The molecule has 0 spiro atoms. The zero-order valence-electron chi connectivity index (χ0n) is 19.7. The van der Waals surface area contributed by atoms with Gasteiger partial charge in [0, 0.05) is 36.4 Å². The van der Waals surface area contributed by atoms with Gasteiger partial charge in [-0.1, -0.05) is 17.3 Å². The Morgan fingerprint density at radius 2 is 1.97 bits per heavy atom. The predicted octanol–water partition coefficient (Wildman–Crippen LogP) is 5.17. The number of hydrogen-bond donors (Lipinski definition) is 1. The Morgan fingerprint density at radius 3 is 2.68 bits per heavy atom. The molecule has 7 nitrogen and oxygen atoms in total. The van der Waals surface area contributed by atoms with E-state index < -0.39 is 0 Å². The highest BCUT2D eigenvalue weighted by Gasteiger charge is 2.34. The zero-order chi connectivity index (χ0) is 24.1. The maximum atomic E-state index is 5.81. The van der Waals surface area contributed by atoms with E-state index in [0.717, 1.165) is 41.1 Å². The Hall–Kier alpha value is -2.88. The standard InChI is InChI=1S/C25H28N4O3S2/c1-16-21(24-27-23(28-32-24)17-9-11-20(34-4)12-10-17)22(18-7-5-8-19(15-18)31-3)26-25(33)29(16)13-6-14-30-2/h5,7-12,15,22H,6,13-14H2,1-4H3,(H,26,33). The van der Waals surface area contributed by atoms with E-state index in [-0.39, 0.29) is 6.04 Å². The molecule has 1 aliphatic heterocycles. The molecule has 34 heavy (non-hydrogen) atoms. The van der Waals surface area contributed by atoms with Gasteiger partial charge in [-0.25, -0.2) is 0 Å². The van der Waals surface area contributed by atoms with E-state index in [1.807, 2.05) is 49.6 Å². The largest absolute Gasteiger partial charge is 0.497 e. The Balaban J connectivity index is 1.76. The highest BCUT2D eigenvalue weighted by Crippen LogP contribution is 2.38. The fraction of sp³-hybridized carbons (Fsp3) is 0.320. The number of hydrogen-bond acceptors (Lipinski definition) is 7. The summed E-state index contributed by atoms with van der Waals surface area (Å²) in [6.07, 6.45) is 2.89. The molecule has 2 aromatic carbocycles. The van der Waals surface area contributed by atoms with Crippen molar-refractivity contribution in [3.8, 4) is 17.1 Å². The van der Waals surface area contributed by atoms with Crippen LogP contribution in [0.3, 0.4) is 0 Å². The summed E-state index contributed by atoms with van der Waals surface area (Å²) >= 11 is 7.43. The molecule has 9 heteroatoms. The van der Waals surface area contributed by atoms with E-state index in [1.54, 1.807) is 26.0 Å². The minimum absolute atomic E-state index is 0.256. The lowest BCUT2D eigenvalue weighted by Crippen LogP contribution is -2.46. The Labute approximate surface area is 209 Å². The van der Waals surface area contributed by atoms with Crippen molar-refractivity contribution in [1.29, 1.82) is 0 Å². The summed E-state index contributed by atoms with van der Waals surface area (Å²) in [6, 6.07) is 15.8. The third-order valence-electron chi connectivity index (χ3n) is 5.76. The van der Waals surface area contributed by atoms with Crippen LogP contribution in [0.4, 0.5) is 0 Å². The first-order valence-corrected chi connectivity index (χ1v) is 12.6. The topological polar surface area (TPSA) is 72.7 Å². The van der Waals surface area contributed by atoms with E-state index in [4.69, 9.17) is 31.2 Å². The lowest BCUT2D eigenvalue weighted by molar-refractivity contribution is 0.188. The van der Waals surface area contributed by atoms with Crippen LogP contribution in [-0.2, 0) is 4.74 Å². The summed E-state index contributed by atoms with van der Waals surface area (Å²) < 4.78 is 16.5. The van der Waals surface area contributed by atoms with E-state index in [2.05, 4.69) is 27.5 Å². The minimum atomic E-state index is -0.256. The molecule has 1 aromatic heterocycles. The van der Waals surface area contributed by atoms with Crippen molar-refractivity contribution < 1.29 is 14.0 Å². The molecule has 1 N–H and O–H groups in total. The second kappa shape index (κ2) is 11.0. The molecule has 3 aromatic rings. The number of aromatic nitrogens is 2. The smallest absolute Gasteiger partial charge is 0.258 e. The normalized spacial score (nSPS) is 16.1. The van der Waals surface area contributed by atoms with Gasteiger partial charge in [-0.15, -0.1) is 11.8 Å². The van der Waals surface area contributed by atoms with Crippen molar-refractivity contribution >= 4 is 34.7 Å². The number of nitrogens with zero attached hydrogens (tertiary/aromatic N) is 3. The first-order chi connectivity index (χ1) is 16.5. The van der Waals surface area contributed by atoms with Gasteiger partial charge >= 0.3 is 0 Å². The highest BCUT2D eigenvalue weighted by molar-refractivity contribution is 7.98. The number of ether oxygens (including phenoxy) is 2. The Kier molecular flexibility index (Phi) is 7.87. The van der Waals surface area contributed by atoms with Crippen LogP contribution in [0.1, 0.15) is 30.8 Å². The third kappa shape index (κ3) is 5.11. The predicted molar refractivity (Wildman–Crippen MR) is 139 cm³/mol. The van der Waals surface area contributed by atoms with Crippen LogP contribution in [0, 0.1) is 0 Å². The van der Waals surface area contributed by atoms with Crippen molar-refractivity contribution in [2.45, 2.75) is 24.3 Å². The van der Waals surface area contributed by atoms with Gasteiger partial charge in [-0.3, -0.25) is 0 Å². The number of benzene rings is 2. The lowest BCUT2D eigenvalue weighted by atomic mass is 9.94. The first-order valence-electron chi connectivity index (χ1n) is 11.0. The summed E-state index contributed by atoms with van der Waals surface area (Å²) in [7, 11) is 3.36. The van der Waals surface area contributed by atoms with Crippen LogP contribution < -0.4 is 10.1 Å². The van der Waals surface area contributed by atoms with Crippen LogP contribution in [0.15, 0.2) is 63.6 Å². The molecule has 1 atom stereocenters. The molecular weight excluding hydrogens is 468 g/mol. The quantitative estimate of drug-likeness (QED) is 0.245. The van der Waals surface area contributed by atoms with Crippen molar-refractivity contribution in [3.05, 3.63) is 65.7 Å². The fourth-order valence-corrected chi connectivity index (χ4v) is 4.71. The fourth-order valence-electron chi connectivity index (χ4n) is 3.96. The van der Waals surface area contributed by atoms with E-state index in [9.17, 15) is 0 Å². The third-order valence-corrected chi connectivity index (χ3v) is 6.84. The van der Waals surface area contributed by atoms with E-state index in [0.29, 0.717) is 23.4 Å². The summed E-state index contributed by atoms with van der Waals surface area (Å²) in [5.41, 5.74) is 3.76. The van der Waals surface area contributed by atoms with Gasteiger partial charge in [0.15, 0.2) is 5.11 Å². The van der Waals surface area contributed by atoms with E-state index in [1.165, 1.54) is 4.90 Å². The molecule has 178 valence electrons. The molecule has 0 radical (unpaired) electrons. The molecule has 0 bridgehead atoms. The Morgan fingerprint density at radius 1 is 1.18 bits per heavy atom. The number of methoxy groups -OCH3 is 2. The second-order valence-electron chi connectivity index (χ2n) is 7.81. The van der Waals surface area contributed by atoms with Crippen molar-refractivity contribution in [1.82, 2.24) is 20.4 Å². The number of rotatable bonds is 9. The zero-order valence-corrected chi connectivity index (χ0v) is 21.3. The van der Waals surface area contributed by atoms with Crippen LogP contribution in [0.5, 0.6) is 5.75 Å². The molecule has 1 aliphatic rings. The Bertz CT molecular complexity index is 1180. The maximum Gasteiger partial charge on any atom is 0.258 e. The maximum absolute atomic E-state index is 5.81. The second-order valence-corrected chi connectivity index (χ2v) is 9.07. The highest BCUT2D eigenvalue weighted by atomic mass is 32.2. The molecule has 0 aliphatic carbocycles. The van der Waals surface area contributed by atoms with Gasteiger partial charge in [-0.2, -0.15) is 4.98 Å². The first kappa shape index (κ1) is 24.3. The van der Waals surface area contributed by atoms with Crippen molar-refractivity contribution in [2.75, 3.05) is 33.6 Å². The van der Waals surface area contributed by atoms with Gasteiger partial charge in [0.1, 0.15) is 5.75 Å². The number of thioether (sulfide) groups is 1. The van der Waals surface area contributed by atoms with E-state index >= 15 is 0 Å². The van der Waals surface area contributed by atoms with Crippen LogP contribution in [-0.4, -0.2) is 53.8 Å². The van der Waals surface area contributed by atoms with Crippen molar-refractivity contribution in [3.63, 3.8) is 0 Å². The van der Waals surface area contributed by atoms with Gasteiger partial charge < -0.3 is 24.2 Å². The van der Waals surface area contributed by atoms with Gasteiger partial charge in [0.25, 0.3) is 5.89 Å². The SMILES string of the molecule is COCCCN1C(=S)NC(c2cccc(OC)c2)C(c2nc(-c3ccc(SC)cc3)no2)=C1C. The number of thiocarbonyl (C=S) groups is 1. The van der Waals surface area contributed by atoms with Gasteiger partial charge in [0.2, 0.25) is 5.82 Å². The molecule has 4 rings (SSSR count). The molecule has 0 saturated carbocycles. The van der Waals surface area contributed by atoms with Gasteiger partial charge in [0.05, 0.1) is 18.7 Å². The summed E-state index contributed by atoms with van der Waals surface area (Å²) in [5.74, 6) is 1.78. The van der Waals surface area contributed by atoms with Crippen LogP contribution in [0.2, 0.25) is 0 Å². The monoisotopic (exact) mass is 496 g/mol. The number of allylic oxidation sites excluding steroid dienone is 1. The molecule has 0 fully saturated rings. The lowest BCUT2D eigenvalue weighted by Gasteiger charge is -2.37. The average molecular weight is 497 g/mol. The molecule has 2 heterocycles. The van der Waals surface area contributed by atoms with Gasteiger partial charge in [-0.05, 0) is 73.8 Å². The summed E-state index contributed by atoms with van der Waals surface area (Å²) in [4.78, 5) is 8.02.